The molecule has 0 spiro atoms. The van der Waals surface area contributed by atoms with E-state index in [0.29, 0.717) is 13.0 Å². The van der Waals surface area contributed by atoms with Crippen molar-refractivity contribution in [3.63, 3.8) is 0 Å². The lowest BCUT2D eigenvalue weighted by Gasteiger charge is -2.22. The van der Waals surface area contributed by atoms with Crippen molar-refractivity contribution in [2.24, 2.45) is 0 Å². The Morgan fingerprint density at radius 3 is 2.33 bits per heavy atom. The second-order valence-electron chi connectivity index (χ2n) is 4.40. The average Bonchev–Trinajstić information content (AvgIpc) is 2.32. The summed E-state index contributed by atoms with van der Waals surface area (Å²) in [6.07, 6.45) is 1.06. The first-order valence-corrected chi connectivity index (χ1v) is 6.13. The van der Waals surface area contributed by atoms with Gasteiger partial charge in [-0.3, -0.25) is 4.90 Å². The first kappa shape index (κ1) is 14.5. The zero-order chi connectivity index (χ0) is 13.5. The van der Waals surface area contributed by atoms with Crippen molar-refractivity contribution in [3.8, 4) is 0 Å². The Hall–Kier alpha value is -1.55. The van der Waals surface area contributed by atoms with E-state index in [0.717, 1.165) is 23.2 Å². The van der Waals surface area contributed by atoms with Gasteiger partial charge in [0.15, 0.2) is 0 Å². The molecule has 0 aliphatic carbocycles. The highest BCUT2D eigenvalue weighted by Gasteiger charge is 2.16. The van der Waals surface area contributed by atoms with E-state index in [9.17, 15) is 4.79 Å². The Morgan fingerprint density at radius 2 is 1.83 bits per heavy atom. The number of hydrogen-bond donors (Lipinski definition) is 1. The molecule has 1 rings (SSSR count). The Bertz CT molecular complexity index is 384. The van der Waals surface area contributed by atoms with Gasteiger partial charge in [0.2, 0.25) is 0 Å². The van der Waals surface area contributed by atoms with Crippen molar-refractivity contribution >= 4 is 11.8 Å². The second kappa shape index (κ2) is 7.01. The zero-order valence-corrected chi connectivity index (χ0v) is 11.3. The van der Waals surface area contributed by atoms with Crippen LogP contribution in [0.5, 0.6) is 0 Å². The van der Waals surface area contributed by atoms with Gasteiger partial charge in [-0.2, -0.15) is 0 Å². The first-order chi connectivity index (χ1) is 8.58. The number of nitrogens with zero attached hydrogens (tertiary/aromatic N) is 1. The summed E-state index contributed by atoms with van der Waals surface area (Å²) in [6, 6.07) is 5.98. The topological polar surface area (TPSA) is 49.8 Å². The van der Waals surface area contributed by atoms with Gasteiger partial charge in [0.1, 0.15) is 0 Å². The molecule has 0 unspecified atom stereocenters. The predicted molar refractivity (Wildman–Crippen MR) is 72.0 cm³/mol. The highest BCUT2D eigenvalue weighted by atomic mass is 16.5. The molecule has 1 aromatic carbocycles. The molecule has 18 heavy (non-hydrogen) atoms. The summed E-state index contributed by atoms with van der Waals surface area (Å²) in [5, 5.41) is 8.80. The van der Waals surface area contributed by atoms with E-state index < -0.39 is 0 Å². The minimum atomic E-state index is -0.363. The number of ether oxygens (including phenoxy) is 1. The van der Waals surface area contributed by atoms with Crippen molar-refractivity contribution in [1.82, 2.24) is 0 Å². The Balaban J connectivity index is 2.90. The lowest BCUT2D eigenvalue weighted by molar-refractivity contribution is 0.178. The molecule has 4 nitrogen and oxygen atoms in total. The molecular formula is C14H21NO3. The molecule has 0 bridgehead atoms. The molecule has 0 saturated heterocycles. The fourth-order valence-corrected chi connectivity index (χ4v) is 1.92. The van der Waals surface area contributed by atoms with Gasteiger partial charge in [-0.25, -0.2) is 4.79 Å². The molecular weight excluding hydrogens is 230 g/mol. The van der Waals surface area contributed by atoms with Gasteiger partial charge in [-0.15, -0.1) is 0 Å². The normalized spacial score (nSPS) is 10.2. The summed E-state index contributed by atoms with van der Waals surface area (Å²) in [7, 11) is 1.38. The molecule has 0 radical (unpaired) electrons. The maximum absolute atomic E-state index is 11.8. The second-order valence-corrected chi connectivity index (χ2v) is 4.40. The van der Waals surface area contributed by atoms with Crippen LogP contribution in [0, 0.1) is 13.8 Å². The lowest BCUT2D eigenvalue weighted by atomic mass is 10.1. The number of amides is 1. The van der Waals surface area contributed by atoms with E-state index in [1.165, 1.54) is 7.11 Å². The first-order valence-electron chi connectivity index (χ1n) is 6.13. The number of methoxy groups -OCH3 is 1. The molecule has 1 amide bonds. The van der Waals surface area contributed by atoms with Crippen LogP contribution in [-0.4, -0.2) is 31.5 Å². The van der Waals surface area contributed by atoms with Crippen molar-refractivity contribution < 1.29 is 14.6 Å². The van der Waals surface area contributed by atoms with Gasteiger partial charge >= 0.3 is 6.09 Å². The lowest BCUT2D eigenvalue weighted by Crippen LogP contribution is -2.32. The van der Waals surface area contributed by atoms with E-state index in [4.69, 9.17) is 9.84 Å². The number of anilines is 1. The van der Waals surface area contributed by atoms with E-state index in [-0.39, 0.29) is 12.7 Å². The number of carbonyl (C=O) groups excluding carboxylic acids is 1. The monoisotopic (exact) mass is 251 g/mol. The zero-order valence-electron chi connectivity index (χ0n) is 11.3. The molecule has 0 heterocycles. The van der Waals surface area contributed by atoms with Crippen LogP contribution in [0.2, 0.25) is 0 Å². The number of benzene rings is 1. The van der Waals surface area contributed by atoms with Crippen LogP contribution in [0.25, 0.3) is 0 Å². The molecule has 4 heteroatoms. The fourth-order valence-electron chi connectivity index (χ4n) is 1.92. The van der Waals surface area contributed by atoms with E-state index in [2.05, 4.69) is 6.07 Å². The van der Waals surface area contributed by atoms with E-state index in [1.54, 1.807) is 4.90 Å². The SMILES string of the molecule is COC(=O)N(CCCCO)c1cc(C)cc(C)c1. The number of rotatable bonds is 5. The minimum Gasteiger partial charge on any atom is -0.452 e. The van der Waals surface area contributed by atoms with Crippen molar-refractivity contribution in [2.45, 2.75) is 26.7 Å². The average molecular weight is 251 g/mol. The number of aliphatic hydroxyl groups excluding tert-OH is 1. The van der Waals surface area contributed by atoms with Gasteiger partial charge in [-0.05, 0) is 49.9 Å². The van der Waals surface area contributed by atoms with E-state index >= 15 is 0 Å². The molecule has 1 N–H and O–H groups in total. The smallest absolute Gasteiger partial charge is 0.413 e. The molecule has 0 aliphatic heterocycles. The largest absolute Gasteiger partial charge is 0.452 e. The molecule has 0 aromatic heterocycles. The van der Waals surface area contributed by atoms with Crippen LogP contribution in [0.4, 0.5) is 10.5 Å². The Labute approximate surface area is 108 Å². The Morgan fingerprint density at radius 1 is 1.22 bits per heavy atom. The quantitative estimate of drug-likeness (QED) is 0.818. The van der Waals surface area contributed by atoms with Crippen molar-refractivity contribution in [3.05, 3.63) is 29.3 Å². The maximum Gasteiger partial charge on any atom is 0.413 e. The van der Waals surface area contributed by atoms with E-state index in [1.807, 2.05) is 26.0 Å². The van der Waals surface area contributed by atoms with Crippen molar-refractivity contribution in [2.75, 3.05) is 25.2 Å². The summed E-state index contributed by atoms with van der Waals surface area (Å²) >= 11 is 0. The van der Waals surface area contributed by atoms with Crippen LogP contribution in [-0.2, 0) is 4.74 Å². The number of carbonyl (C=O) groups is 1. The van der Waals surface area contributed by atoms with Gasteiger partial charge in [0.25, 0.3) is 0 Å². The van der Waals surface area contributed by atoms with Gasteiger partial charge < -0.3 is 9.84 Å². The number of unbranched alkanes of at least 4 members (excludes halogenated alkanes) is 1. The van der Waals surface area contributed by atoms with Crippen LogP contribution in [0.1, 0.15) is 24.0 Å². The van der Waals surface area contributed by atoms with Crippen LogP contribution in [0.3, 0.4) is 0 Å². The number of aliphatic hydroxyl groups is 1. The fraction of sp³-hybridized carbons (Fsp3) is 0.500. The summed E-state index contributed by atoms with van der Waals surface area (Å²) in [5.74, 6) is 0. The molecule has 0 fully saturated rings. The van der Waals surface area contributed by atoms with Gasteiger partial charge in [-0.1, -0.05) is 6.07 Å². The standard InChI is InChI=1S/C14H21NO3/c1-11-8-12(2)10-13(9-11)15(14(17)18-3)6-4-5-7-16/h8-10,16H,4-7H2,1-3H3. The summed E-state index contributed by atoms with van der Waals surface area (Å²) < 4.78 is 4.80. The highest BCUT2D eigenvalue weighted by Crippen LogP contribution is 2.20. The number of aryl methyl sites for hydroxylation is 2. The third kappa shape index (κ3) is 4.04. The highest BCUT2D eigenvalue weighted by molar-refractivity contribution is 5.87. The third-order valence-electron chi connectivity index (χ3n) is 2.70. The molecule has 0 aliphatic rings. The summed E-state index contributed by atoms with van der Waals surface area (Å²) in [4.78, 5) is 13.4. The van der Waals surface area contributed by atoms with Gasteiger partial charge in [0.05, 0.1) is 7.11 Å². The molecule has 0 atom stereocenters. The van der Waals surface area contributed by atoms with Crippen LogP contribution in [0.15, 0.2) is 18.2 Å². The number of hydrogen-bond acceptors (Lipinski definition) is 3. The summed E-state index contributed by atoms with van der Waals surface area (Å²) in [6.45, 7) is 4.69. The van der Waals surface area contributed by atoms with Crippen LogP contribution < -0.4 is 4.90 Å². The predicted octanol–water partition coefficient (Wildman–Crippen LogP) is 2.65. The molecule has 1 aromatic rings. The summed E-state index contributed by atoms with van der Waals surface area (Å²) in [5.41, 5.74) is 3.07. The third-order valence-corrected chi connectivity index (χ3v) is 2.70. The van der Waals surface area contributed by atoms with Gasteiger partial charge in [0, 0.05) is 18.8 Å². The Kier molecular flexibility index (Phi) is 5.65. The maximum atomic E-state index is 11.8. The molecule has 100 valence electrons. The molecule has 0 saturated carbocycles. The minimum absolute atomic E-state index is 0.141. The van der Waals surface area contributed by atoms with Crippen LogP contribution >= 0.6 is 0 Å². The van der Waals surface area contributed by atoms with Crippen molar-refractivity contribution in [1.29, 1.82) is 0 Å².